The average molecular weight is 306 g/mol. The van der Waals surface area contributed by atoms with Crippen molar-refractivity contribution in [2.75, 3.05) is 0 Å². The zero-order chi connectivity index (χ0) is 16.1. The first-order chi connectivity index (χ1) is 10.4. The van der Waals surface area contributed by atoms with E-state index in [4.69, 9.17) is 0 Å². The second kappa shape index (κ2) is 6.74. The van der Waals surface area contributed by atoms with Crippen LogP contribution in [0.4, 0.5) is 9.18 Å². The molecule has 0 bridgehead atoms. The predicted octanol–water partition coefficient (Wildman–Crippen LogP) is 0.713. The van der Waals surface area contributed by atoms with Gasteiger partial charge in [-0.05, 0) is 43.3 Å². The number of hydrogen-bond acceptors (Lipinski definition) is 5. The Hall–Kier alpha value is -2.84. The molecule has 0 aliphatic heterocycles. The minimum absolute atomic E-state index is 0.0811. The summed E-state index contributed by atoms with van der Waals surface area (Å²) in [5.41, 5.74) is 0.575. The van der Waals surface area contributed by atoms with E-state index in [-0.39, 0.29) is 24.2 Å². The molecule has 1 aromatic heterocycles. The molecule has 0 fully saturated rings. The van der Waals surface area contributed by atoms with Crippen molar-refractivity contribution in [2.24, 2.45) is 0 Å². The van der Waals surface area contributed by atoms with Gasteiger partial charge in [0.15, 0.2) is 0 Å². The lowest BCUT2D eigenvalue weighted by molar-refractivity contribution is -0.121. The molecular formula is C13H15FN6O2. The number of urea groups is 1. The SMILES string of the molecule is CC(C)NC(=O)NC(=O)Cn1nnc(-c2ccc(F)cc2)n1. The molecule has 1 heterocycles. The van der Waals surface area contributed by atoms with E-state index in [0.29, 0.717) is 5.56 Å². The number of aromatic nitrogens is 4. The first-order valence-corrected chi connectivity index (χ1v) is 6.58. The van der Waals surface area contributed by atoms with Gasteiger partial charge in [0.2, 0.25) is 5.82 Å². The third kappa shape index (κ3) is 4.33. The van der Waals surface area contributed by atoms with Gasteiger partial charge in [0.1, 0.15) is 12.4 Å². The Morgan fingerprint density at radius 1 is 1.27 bits per heavy atom. The van der Waals surface area contributed by atoms with E-state index in [2.05, 4.69) is 26.0 Å². The van der Waals surface area contributed by atoms with Crippen molar-refractivity contribution < 1.29 is 14.0 Å². The van der Waals surface area contributed by atoms with Gasteiger partial charge in [0.05, 0.1) is 0 Å². The highest BCUT2D eigenvalue weighted by Crippen LogP contribution is 2.13. The first kappa shape index (κ1) is 15.5. The molecule has 2 rings (SSSR count). The van der Waals surface area contributed by atoms with Crippen LogP contribution >= 0.6 is 0 Å². The summed E-state index contributed by atoms with van der Waals surface area (Å²) in [4.78, 5) is 24.1. The van der Waals surface area contributed by atoms with E-state index in [1.165, 1.54) is 24.3 Å². The van der Waals surface area contributed by atoms with Crippen LogP contribution in [0.2, 0.25) is 0 Å². The number of benzene rings is 1. The highest BCUT2D eigenvalue weighted by Gasteiger charge is 2.12. The fourth-order valence-electron chi connectivity index (χ4n) is 1.62. The summed E-state index contributed by atoms with van der Waals surface area (Å²) < 4.78 is 12.8. The Bertz CT molecular complexity index is 667. The molecule has 0 saturated heterocycles. The van der Waals surface area contributed by atoms with Crippen LogP contribution in [-0.2, 0) is 11.3 Å². The minimum Gasteiger partial charge on any atom is -0.336 e. The molecule has 2 aromatic rings. The van der Waals surface area contributed by atoms with Gasteiger partial charge < -0.3 is 5.32 Å². The lowest BCUT2D eigenvalue weighted by Gasteiger charge is -2.08. The maximum absolute atomic E-state index is 12.8. The highest BCUT2D eigenvalue weighted by molar-refractivity contribution is 5.94. The summed E-state index contributed by atoms with van der Waals surface area (Å²) in [6.07, 6.45) is 0. The molecule has 0 radical (unpaired) electrons. The van der Waals surface area contributed by atoms with Gasteiger partial charge in [0.25, 0.3) is 5.91 Å². The van der Waals surface area contributed by atoms with Gasteiger partial charge in [-0.3, -0.25) is 10.1 Å². The number of hydrogen-bond donors (Lipinski definition) is 2. The van der Waals surface area contributed by atoms with Crippen LogP contribution in [0.25, 0.3) is 11.4 Å². The topological polar surface area (TPSA) is 102 Å². The summed E-state index contributed by atoms with van der Waals surface area (Å²) >= 11 is 0. The molecule has 0 aliphatic carbocycles. The summed E-state index contributed by atoms with van der Waals surface area (Å²) in [6, 6.07) is 4.90. The van der Waals surface area contributed by atoms with Crippen LogP contribution in [0.1, 0.15) is 13.8 Å². The number of carbonyl (C=O) groups is 2. The maximum Gasteiger partial charge on any atom is 0.321 e. The molecular weight excluding hydrogens is 291 g/mol. The summed E-state index contributed by atoms with van der Waals surface area (Å²) in [6.45, 7) is 3.30. The van der Waals surface area contributed by atoms with Crippen molar-refractivity contribution >= 4 is 11.9 Å². The van der Waals surface area contributed by atoms with E-state index in [9.17, 15) is 14.0 Å². The van der Waals surface area contributed by atoms with E-state index >= 15 is 0 Å². The predicted molar refractivity (Wildman–Crippen MR) is 75.0 cm³/mol. The number of halogens is 1. The van der Waals surface area contributed by atoms with Crippen molar-refractivity contribution in [3.63, 3.8) is 0 Å². The van der Waals surface area contributed by atoms with E-state index in [0.717, 1.165) is 4.80 Å². The molecule has 116 valence electrons. The molecule has 8 nitrogen and oxygen atoms in total. The van der Waals surface area contributed by atoms with Gasteiger partial charge in [-0.1, -0.05) is 0 Å². The number of amides is 3. The van der Waals surface area contributed by atoms with Crippen LogP contribution in [0.3, 0.4) is 0 Å². The molecule has 1 aromatic carbocycles. The van der Waals surface area contributed by atoms with Crippen molar-refractivity contribution in [3.8, 4) is 11.4 Å². The fraction of sp³-hybridized carbons (Fsp3) is 0.308. The van der Waals surface area contributed by atoms with Crippen molar-refractivity contribution in [1.82, 2.24) is 30.8 Å². The van der Waals surface area contributed by atoms with Crippen molar-refractivity contribution in [1.29, 1.82) is 0 Å². The Kier molecular flexibility index (Phi) is 4.77. The molecule has 2 N–H and O–H groups in total. The number of tetrazole rings is 1. The van der Waals surface area contributed by atoms with Crippen molar-refractivity contribution in [3.05, 3.63) is 30.1 Å². The second-order valence-corrected chi connectivity index (χ2v) is 4.83. The molecule has 0 saturated carbocycles. The number of carbonyl (C=O) groups excluding carboxylic acids is 2. The van der Waals surface area contributed by atoms with Crippen LogP contribution in [-0.4, -0.2) is 38.2 Å². The zero-order valence-electron chi connectivity index (χ0n) is 12.1. The van der Waals surface area contributed by atoms with Crippen molar-refractivity contribution in [2.45, 2.75) is 26.4 Å². The van der Waals surface area contributed by atoms with Gasteiger partial charge >= 0.3 is 6.03 Å². The molecule has 0 spiro atoms. The van der Waals surface area contributed by atoms with Crippen LogP contribution in [0.15, 0.2) is 24.3 Å². The lowest BCUT2D eigenvalue weighted by Crippen LogP contribution is -2.43. The number of rotatable bonds is 4. The van der Waals surface area contributed by atoms with Crippen LogP contribution in [0, 0.1) is 5.82 Å². The highest BCUT2D eigenvalue weighted by atomic mass is 19.1. The molecule has 22 heavy (non-hydrogen) atoms. The molecule has 3 amide bonds. The lowest BCUT2D eigenvalue weighted by atomic mass is 10.2. The van der Waals surface area contributed by atoms with Gasteiger partial charge in [-0.15, -0.1) is 10.2 Å². The van der Waals surface area contributed by atoms with Gasteiger partial charge in [-0.2, -0.15) is 4.80 Å². The summed E-state index contributed by atoms with van der Waals surface area (Å²) in [5, 5.41) is 16.2. The van der Waals surface area contributed by atoms with Crippen LogP contribution in [0.5, 0.6) is 0 Å². The zero-order valence-corrected chi connectivity index (χ0v) is 12.1. The number of nitrogens with zero attached hydrogens (tertiary/aromatic N) is 4. The quantitative estimate of drug-likeness (QED) is 0.866. The average Bonchev–Trinajstić information content (AvgIpc) is 2.86. The standard InChI is InChI=1S/C13H15FN6O2/c1-8(2)15-13(22)16-11(21)7-20-18-12(17-19-20)9-3-5-10(14)6-4-9/h3-6,8H,7H2,1-2H3,(H2,15,16,21,22). The summed E-state index contributed by atoms with van der Waals surface area (Å²) in [5.74, 6) is -0.674. The largest absolute Gasteiger partial charge is 0.336 e. The monoisotopic (exact) mass is 306 g/mol. The summed E-state index contributed by atoms with van der Waals surface area (Å²) in [7, 11) is 0. The van der Waals surface area contributed by atoms with E-state index in [1.807, 2.05) is 0 Å². The third-order valence-corrected chi connectivity index (χ3v) is 2.51. The number of imide groups is 1. The fourth-order valence-corrected chi connectivity index (χ4v) is 1.62. The normalized spacial score (nSPS) is 10.5. The van der Waals surface area contributed by atoms with Crippen LogP contribution < -0.4 is 10.6 Å². The first-order valence-electron chi connectivity index (χ1n) is 6.58. The Morgan fingerprint density at radius 2 is 1.95 bits per heavy atom. The minimum atomic E-state index is -0.584. The van der Waals surface area contributed by atoms with Gasteiger partial charge in [0, 0.05) is 11.6 Å². The van der Waals surface area contributed by atoms with E-state index < -0.39 is 11.9 Å². The number of nitrogens with one attached hydrogen (secondary N) is 2. The molecule has 0 atom stereocenters. The van der Waals surface area contributed by atoms with Gasteiger partial charge in [-0.25, -0.2) is 9.18 Å². The third-order valence-electron chi connectivity index (χ3n) is 2.51. The molecule has 0 aliphatic rings. The molecule has 0 unspecified atom stereocenters. The molecule has 9 heteroatoms. The van der Waals surface area contributed by atoms with E-state index in [1.54, 1.807) is 13.8 Å². The Morgan fingerprint density at radius 3 is 2.59 bits per heavy atom. The Balaban J connectivity index is 1.96. The Labute approximate surface area is 125 Å². The maximum atomic E-state index is 12.8. The smallest absolute Gasteiger partial charge is 0.321 e. The second-order valence-electron chi connectivity index (χ2n) is 4.83.